The Morgan fingerprint density at radius 2 is 1.73 bits per heavy atom. The second-order valence-electron chi connectivity index (χ2n) is 8.04. The van der Waals surface area contributed by atoms with Gasteiger partial charge in [0.1, 0.15) is 5.78 Å². The number of ketones is 1. The summed E-state index contributed by atoms with van der Waals surface area (Å²) in [5.41, 5.74) is -1.28. The summed E-state index contributed by atoms with van der Waals surface area (Å²) in [6.07, 6.45) is 2.95. The van der Waals surface area contributed by atoms with Gasteiger partial charge in [-0.1, -0.05) is 20.8 Å². The van der Waals surface area contributed by atoms with Crippen LogP contribution in [0.25, 0.3) is 0 Å². The molecule has 5 nitrogen and oxygen atoms in total. The Bertz CT molecular complexity index is 547. The minimum atomic E-state index is -0.768. The van der Waals surface area contributed by atoms with Crippen LogP contribution in [0.1, 0.15) is 52.9 Å². The van der Waals surface area contributed by atoms with Crippen LogP contribution in [0.4, 0.5) is 0 Å². The summed E-state index contributed by atoms with van der Waals surface area (Å²) in [5, 5.41) is 9.08. The van der Waals surface area contributed by atoms with E-state index in [-0.39, 0.29) is 28.4 Å². The number of hydrogen-bond donors (Lipinski definition) is 1. The minimum absolute atomic E-state index is 0.0795. The number of aliphatic carboxylic acids is 1. The molecule has 1 N–H and O–H groups in total. The van der Waals surface area contributed by atoms with Crippen molar-refractivity contribution >= 4 is 17.7 Å². The average Bonchev–Trinajstić information content (AvgIpc) is 2.77. The maximum atomic E-state index is 13.2. The van der Waals surface area contributed by atoms with Gasteiger partial charge in [0.25, 0.3) is 0 Å². The number of rotatable bonds is 2. The maximum Gasteiger partial charge on any atom is 0.306 e. The fraction of sp³-hybridized carbons (Fsp3) is 0.824. The third kappa shape index (κ3) is 1.68. The van der Waals surface area contributed by atoms with E-state index in [4.69, 9.17) is 5.11 Å². The number of nitrogens with zero attached hydrogens (tertiary/aromatic N) is 1. The molecule has 5 heteroatoms. The number of carboxylic acids is 1. The quantitative estimate of drug-likeness (QED) is 0.847. The average molecular weight is 307 g/mol. The Balaban J connectivity index is 1.82. The second kappa shape index (κ2) is 4.56. The van der Waals surface area contributed by atoms with Gasteiger partial charge in [-0.15, -0.1) is 0 Å². The largest absolute Gasteiger partial charge is 0.481 e. The van der Waals surface area contributed by atoms with Gasteiger partial charge in [0.15, 0.2) is 0 Å². The predicted octanol–water partition coefficient (Wildman–Crippen LogP) is 2.10. The van der Waals surface area contributed by atoms with Crippen LogP contribution in [0.2, 0.25) is 0 Å². The van der Waals surface area contributed by atoms with Gasteiger partial charge in [-0.2, -0.15) is 0 Å². The Kier molecular flexibility index (Phi) is 3.21. The molecule has 3 rings (SSSR count). The topological polar surface area (TPSA) is 74.7 Å². The van der Waals surface area contributed by atoms with Crippen LogP contribution in [0, 0.1) is 22.2 Å². The molecule has 2 atom stereocenters. The summed E-state index contributed by atoms with van der Waals surface area (Å²) in [6, 6.07) is 0. The van der Waals surface area contributed by atoms with Crippen LogP contribution in [-0.4, -0.2) is 40.8 Å². The normalized spacial score (nSPS) is 37.6. The third-order valence-corrected chi connectivity index (χ3v) is 7.25. The first-order chi connectivity index (χ1) is 10.2. The van der Waals surface area contributed by atoms with E-state index in [1.54, 1.807) is 0 Å². The van der Waals surface area contributed by atoms with Gasteiger partial charge in [0.2, 0.25) is 5.91 Å². The number of Topliss-reactive ketones (excluding diaryl/α,β-unsaturated/α-hetero) is 1. The van der Waals surface area contributed by atoms with Gasteiger partial charge < -0.3 is 10.0 Å². The SMILES string of the molecule is CC1(C)[C@@]2(C(=O)N3CCC(C(=O)O)CC3)CC[C@]1(C)C(=O)C2. The summed E-state index contributed by atoms with van der Waals surface area (Å²) in [6.45, 7) is 7.13. The lowest BCUT2D eigenvalue weighted by atomic mass is 9.64. The lowest BCUT2D eigenvalue weighted by Gasteiger charge is -2.43. The maximum absolute atomic E-state index is 13.2. The number of fused-ring (bicyclic) bond motifs is 2. The summed E-state index contributed by atoms with van der Waals surface area (Å²) in [4.78, 5) is 38.5. The van der Waals surface area contributed by atoms with E-state index in [1.807, 2.05) is 11.8 Å². The highest BCUT2D eigenvalue weighted by atomic mass is 16.4. The first-order valence-corrected chi connectivity index (χ1v) is 8.21. The van der Waals surface area contributed by atoms with E-state index in [2.05, 4.69) is 13.8 Å². The number of carbonyl (C=O) groups is 3. The molecule has 1 heterocycles. The minimum Gasteiger partial charge on any atom is -0.481 e. The number of likely N-dealkylation sites (tertiary alicyclic amines) is 1. The van der Waals surface area contributed by atoms with Gasteiger partial charge >= 0.3 is 5.97 Å². The highest BCUT2D eigenvalue weighted by Crippen LogP contribution is 2.71. The van der Waals surface area contributed by atoms with E-state index in [1.165, 1.54) is 0 Å². The van der Waals surface area contributed by atoms with Crippen LogP contribution >= 0.6 is 0 Å². The molecular weight excluding hydrogens is 282 g/mol. The molecule has 0 aromatic carbocycles. The molecule has 22 heavy (non-hydrogen) atoms. The molecule has 1 amide bonds. The fourth-order valence-electron chi connectivity index (χ4n) is 4.97. The molecule has 2 aliphatic carbocycles. The smallest absolute Gasteiger partial charge is 0.306 e. The molecule has 3 fully saturated rings. The number of piperidine rings is 1. The standard InChI is InChI=1S/C17H25NO4/c1-15(2)16(3)6-7-17(15,10-12(16)19)14(22)18-8-4-11(5-9-18)13(20)21/h11H,4-10H2,1-3H3,(H,20,21)/t16-,17+/m1/s1. The highest BCUT2D eigenvalue weighted by molar-refractivity contribution is 5.99. The molecule has 2 saturated carbocycles. The van der Waals surface area contributed by atoms with Crippen LogP contribution < -0.4 is 0 Å². The van der Waals surface area contributed by atoms with Gasteiger partial charge in [-0.3, -0.25) is 14.4 Å². The number of hydrogen-bond acceptors (Lipinski definition) is 3. The van der Waals surface area contributed by atoms with Crippen molar-refractivity contribution < 1.29 is 19.5 Å². The molecule has 122 valence electrons. The molecule has 1 aliphatic heterocycles. The van der Waals surface area contributed by atoms with E-state index < -0.39 is 11.4 Å². The Labute approximate surface area is 131 Å². The molecule has 0 unspecified atom stereocenters. The molecule has 0 spiro atoms. The van der Waals surface area contributed by atoms with Crippen LogP contribution in [-0.2, 0) is 14.4 Å². The van der Waals surface area contributed by atoms with E-state index in [9.17, 15) is 14.4 Å². The second-order valence-corrected chi connectivity index (χ2v) is 8.04. The summed E-state index contributed by atoms with van der Waals surface area (Å²) in [7, 11) is 0. The van der Waals surface area contributed by atoms with Crippen molar-refractivity contribution in [3.05, 3.63) is 0 Å². The lowest BCUT2D eigenvalue weighted by molar-refractivity contribution is -0.152. The summed E-state index contributed by atoms with van der Waals surface area (Å²) >= 11 is 0. The molecule has 1 saturated heterocycles. The van der Waals surface area contributed by atoms with Crippen molar-refractivity contribution in [1.82, 2.24) is 4.90 Å². The van der Waals surface area contributed by atoms with Gasteiger partial charge in [0, 0.05) is 24.9 Å². The third-order valence-electron chi connectivity index (χ3n) is 7.25. The first kappa shape index (κ1) is 15.5. The van der Waals surface area contributed by atoms with Crippen molar-refractivity contribution in [1.29, 1.82) is 0 Å². The zero-order chi connectivity index (χ0) is 16.3. The Morgan fingerprint density at radius 1 is 1.14 bits per heavy atom. The monoisotopic (exact) mass is 307 g/mol. The Morgan fingerprint density at radius 3 is 2.14 bits per heavy atom. The zero-order valence-corrected chi connectivity index (χ0v) is 13.6. The zero-order valence-electron chi connectivity index (χ0n) is 13.6. The van der Waals surface area contributed by atoms with Gasteiger partial charge in [-0.25, -0.2) is 0 Å². The molecule has 0 aromatic heterocycles. The fourth-order valence-corrected chi connectivity index (χ4v) is 4.97. The summed E-state index contributed by atoms with van der Waals surface area (Å²) in [5.74, 6) is -0.808. The van der Waals surface area contributed by atoms with Crippen molar-refractivity contribution in [2.24, 2.45) is 22.2 Å². The van der Waals surface area contributed by atoms with Crippen LogP contribution in [0.15, 0.2) is 0 Å². The van der Waals surface area contributed by atoms with Gasteiger partial charge in [-0.05, 0) is 31.1 Å². The number of carboxylic acid groups (broad SMARTS) is 1. The van der Waals surface area contributed by atoms with E-state index in [0.717, 1.165) is 12.8 Å². The van der Waals surface area contributed by atoms with Crippen molar-refractivity contribution in [3.8, 4) is 0 Å². The molecular formula is C17H25NO4. The predicted molar refractivity (Wildman–Crippen MR) is 80.1 cm³/mol. The molecule has 3 aliphatic rings. The Hall–Kier alpha value is -1.39. The van der Waals surface area contributed by atoms with Crippen molar-refractivity contribution in [3.63, 3.8) is 0 Å². The lowest BCUT2D eigenvalue weighted by Crippen LogP contribution is -2.51. The van der Waals surface area contributed by atoms with Crippen molar-refractivity contribution in [2.75, 3.05) is 13.1 Å². The molecule has 0 radical (unpaired) electrons. The van der Waals surface area contributed by atoms with E-state index in [0.29, 0.717) is 32.4 Å². The van der Waals surface area contributed by atoms with E-state index >= 15 is 0 Å². The number of carbonyl (C=O) groups excluding carboxylic acids is 2. The van der Waals surface area contributed by atoms with Crippen LogP contribution in [0.5, 0.6) is 0 Å². The van der Waals surface area contributed by atoms with Crippen molar-refractivity contribution in [2.45, 2.75) is 52.9 Å². The first-order valence-electron chi connectivity index (χ1n) is 8.21. The molecule has 0 aromatic rings. The number of amides is 1. The van der Waals surface area contributed by atoms with Gasteiger partial charge in [0.05, 0.1) is 11.3 Å². The highest BCUT2D eigenvalue weighted by Gasteiger charge is 2.73. The molecule has 2 bridgehead atoms. The van der Waals surface area contributed by atoms with Crippen LogP contribution in [0.3, 0.4) is 0 Å². The summed E-state index contributed by atoms with van der Waals surface area (Å²) < 4.78 is 0.